The second-order valence-electron chi connectivity index (χ2n) is 19.8. The van der Waals surface area contributed by atoms with Crippen molar-refractivity contribution in [1.29, 1.82) is 0 Å². The van der Waals surface area contributed by atoms with Gasteiger partial charge in [-0.15, -0.1) is 0 Å². The van der Waals surface area contributed by atoms with Gasteiger partial charge in [0.2, 0.25) is 0 Å². The molecule has 0 N–H and O–H groups in total. The number of rotatable bonds is 6. The van der Waals surface area contributed by atoms with E-state index in [-0.39, 0.29) is 0 Å². The summed E-state index contributed by atoms with van der Waals surface area (Å²) in [5.41, 5.74) is 23.1. The predicted molar refractivity (Wildman–Crippen MR) is 306 cm³/mol. The Kier molecular flexibility index (Phi) is 8.66. The molecule has 0 amide bonds. The molecule has 0 aliphatic heterocycles. The molecule has 0 saturated heterocycles. The zero-order valence-electron chi connectivity index (χ0n) is 40.1. The van der Waals surface area contributed by atoms with Crippen molar-refractivity contribution in [2.75, 3.05) is 4.90 Å². The van der Waals surface area contributed by atoms with Crippen molar-refractivity contribution in [2.24, 2.45) is 0 Å². The molecule has 3 heteroatoms. The van der Waals surface area contributed by atoms with Crippen molar-refractivity contribution < 1.29 is 8.83 Å². The molecule has 2 aliphatic carbocycles. The Hall–Kier alpha value is -9.70. The van der Waals surface area contributed by atoms with Gasteiger partial charge < -0.3 is 13.7 Å². The van der Waals surface area contributed by atoms with Gasteiger partial charge in [-0.2, -0.15) is 0 Å². The van der Waals surface area contributed by atoms with Crippen molar-refractivity contribution in [2.45, 2.75) is 5.41 Å². The highest BCUT2D eigenvalue weighted by molar-refractivity contribution is 6.19. The molecular weight excluding hydrogens is 899 g/mol. The molecule has 0 fully saturated rings. The van der Waals surface area contributed by atoms with Crippen molar-refractivity contribution in [1.82, 2.24) is 0 Å². The summed E-state index contributed by atoms with van der Waals surface area (Å²) in [6.07, 6.45) is 0. The van der Waals surface area contributed by atoms with Crippen LogP contribution < -0.4 is 4.90 Å². The molecule has 344 valence electrons. The summed E-state index contributed by atoms with van der Waals surface area (Å²) < 4.78 is 13.9. The fraction of sp³-hybridized carbons (Fsp3) is 0.0141. The molecule has 74 heavy (non-hydrogen) atoms. The maximum Gasteiger partial charge on any atom is 0.143 e. The van der Waals surface area contributed by atoms with Gasteiger partial charge in [-0.1, -0.05) is 206 Å². The number of para-hydroxylation sites is 2. The van der Waals surface area contributed by atoms with Gasteiger partial charge in [0, 0.05) is 33.1 Å². The Balaban J connectivity index is 0.965. The minimum atomic E-state index is -0.456. The molecule has 0 saturated carbocycles. The fourth-order valence-electron chi connectivity index (χ4n) is 13.0. The van der Waals surface area contributed by atoms with Gasteiger partial charge in [0.1, 0.15) is 22.3 Å². The smallest absolute Gasteiger partial charge is 0.143 e. The number of anilines is 3. The third-order valence-corrected chi connectivity index (χ3v) is 16.1. The van der Waals surface area contributed by atoms with E-state index < -0.39 is 5.41 Å². The van der Waals surface area contributed by atoms with Crippen molar-refractivity contribution in [3.63, 3.8) is 0 Å². The standard InChI is InChI=1S/C71H43NO2/c1-2-17-44(18-3-1)45-35-37-49(38-36-45)72(63-32-16-34-65-68(63)57-25-9-13-33-64(57)73-65)50-42-47(52-26-14-20-46-19-4-5-21-51(46)52)41-48(43-50)53-27-15-28-58-69-66(74-70(53)58)40-39-62-67(69)56-24-8-12-31-61(56)71(62)59-29-10-6-22-54(59)55-23-7-11-30-60(55)71/h1-43H. The quantitative estimate of drug-likeness (QED) is 0.166. The first-order valence-electron chi connectivity index (χ1n) is 25.5. The van der Waals surface area contributed by atoms with Gasteiger partial charge in [0.25, 0.3) is 0 Å². The van der Waals surface area contributed by atoms with Crippen LogP contribution in [0.3, 0.4) is 0 Å². The van der Waals surface area contributed by atoms with E-state index in [0.29, 0.717) is 0 Å². The van der Waals surface area contributed by atoms with Crippen LogP contribution in [-0.4, -0.2) is 0 Å². The van der Waals surface area contributed by atoms with E-state index >= 15 is 0 Å². The van der Waals surface area contributed by atoms with Crippen LogP contribution in [-0.2, 0) is 5.41 Å². The zero-order chi connectivity index (χ0) is 48.5. The minimum Gasteiger partial charge on any atom is -0.456 e. The van der Waals surface area contributed by atoms with E-state index in [2.05, 4.69) is 260 Å². The number of fused-ring (bicyclic) bond motifs is 18. The summed E-state index contributed by atoms with van der Waals surface area (Å²) in [6.45, 7) is 0. The second kappa shape index (κ2) is 15.6. The summed E-state index contributed by atoms with van der Waals surface area (Å²) in [7, 11) is 0. The summed E-state index contributed by atoms with van der Waals surface area (Å²) in [6, 6.07) is 95.1. The van der Waals surface area contributed by atoms with Crippen molar-refractivity contribution >= 4 is 71.7 Å². The normalized spacial score (nSPS) is 13.0. The molecule has 12 aromatic carbocycles. The van der Waals surface area contributed by atoms with Crippen LogP contribution in [0.15, 0.2) is 270 Å². The lowest BCUT2D eigenvalue weighted by molar-refractivity contribution is 0.669. The third kappa shape index (κ3) is 5.72. The molecule has 16 rings (SSSR count). The molecule has 0 bridgehead atoms. The Morgan fingerprint density at radius 2 is 0.851 bits per heavy atom. The topological polar surface area (TPSA) is 29.5 Å². The van der Waals surface area contributed by atoms with Crippen LogP contribution in [0.25, 0.3) is 110 Å². The summed E-state index contributed by atoms with van der Waals surface area (Å²) in [4.78, 5) is 2.41. The van der Waals surface area contributed by atoms with Crippen LogP contribution in [0.4, 0.5) is 17.1 Å². The molecule has 2 aliphatic rings. The van der Waals surface area contributed by atoms with E-state index in [1.807, 2.05) is 6.07 Å². The van der Waals surface area contributed by atoms with Crippen LogP contribution in [0.2, 0.25) is 0 Å². The van der Waals surface area contributed by atoms with Crippen molar-refractivity contribution in [3.8, 4) is 55.6 Å². The van der Waals surface area contributed by atoms with Crippen LogP contribution in [0, 0.1) is 0 Å². The first-order chi connectivity index (χ1) is 36.7. The molecule has 3 nitrogen and oxygen atoms in total. The zero-order valence-corrected chi connectivity index (χ0v) is 40.1. The largest absolute Gasteiger partial charge is 0.456 e. The number of benzene rings is 12. The van der Waals surface area contributed by atoms with E-state index in [0.717, 1.165) is 88.8 Å². The molecule has 0 radical (unpaired) electrons. The molecular formula is C71H43NO2. The van der Waals surface area contributed by atoms with Crippen LogP contribution in [0.5, 0.6) is 0 Å². The maximum absolute atomic E-state index is 7.28. The Morgan fingerprint density at radius 1 is 0.297 bits per heavy atom. The third-order valence-electron chi connectivity index (χ3n) is 16.1. The molecule has 0 atom stereocenters. The van der Waals surface area contributed by atoms with Crippen LogP contribution >= 0.6 is 0 Å². The minimum absolute atomic E-state index is 0.456. The summed E-state index contributed by atoms with van der Waals surface area (Å²) in [5.74, 6) is 0. The van der Waals surface area contributed by atoms with Crippen molar-refractivity contribution in [3.05, 3.63) is 283 Å². The Labute approximate surface area is 427 Å². The van der Waals surface area contributed by atoms with E-state index in [1.54, 1.807) is 0 Å². The van der Waals surface area contributed by atoms with Crippen LogP contribution in [0.1, 0.15) is 22.3 Å². The van der Waals surface area contributed by atoms with E-state index in [9.17, 15) is 0 Å². The highest BCUT2D eigenvalue weighted by Gasteiger charge is 2.52. The first-order valence-corrected chi connectivity index (χ1v) is 25.5. The predicted octanol–water partition coefficient (Wildman–Crippen LogP) is 19.5. The number of hydrogen-bond acceptors (Lipinski definition) is 3. The number of hydrogen-bond donors (Lipinski definition) is 0. The van der Waals surface area contributed by atoms with Gasteiger partial charge in [0.15, 0.2) is 0 Å². The van der Waals surface area contributed by atoms with Gasteiger partial charge in [-0.3, -0.25) is 0 Å². The summed E-state index contributed by atoms with van der Waals surface area (Å²) in [5, 5.41) is 6.77. The lowest BCUT2D eigenvalue weighted by Crippen LogP contribution is -2.25. The van der Waals surface area contributed by atoms with E-state index in [4.69, 9.17) is 8.83 Å². The Morgan fingerprint density at radius 3 is 1.65 bits per heavy atom. The first kappa shape index (κ1) is 41.0. The molecule has 0 unspecified atom stereocenters. The monoisotopic (exact) mass is 941 g/mol. The SMILES string of the molecule is c1ccc(-c2ccc(N(c3cc(-c4cccc5ccccc45)cc(-c4cccc5c4oc4ccc6c(c45)-c4ccccc4C64c5ccccc5-c5ccccc54)c3)c3cccc4oc5ccccc5c34)cc2)cc1. The lowest BCUT2D eigenvalue weighted by Gasteiger charge is -2.30. The molecule has 2 aromatic heterocycles. The average Bonchev–Trinajstić information content (AvgIpc) is 4.22. The molecule has 2 heterocycles. The highest BCUT2D eigenvalue weighted by Crippen LogP contribution is 2.64. The van der Waals surface area contributed by atoms with Gasteiger partial charge in [0.05, 0.1) is 16.5 Å². The number of nitrogens with zero attached hydrogens (tertiary/aromatic N) is 1. The molecule has 1 spiro atoms. The molecule has 14 aromatic rings. The second-order valence-corrected chi connectivity index (χ2v) is 19.8. The number of furan rings is 2. The fourth-order valence-corrected chi connectivity index (χ4v) is 13.0. The van der Waals surface area contributed by atoms with E-state index in [1.165, 1.54) is 60.8 Å². The summed E-state index contributed by atoms with van der Waals surface area (Å²) >= 11 is 0. The maximum atomic E-state index is 7.28. The lowest BCUT2D eigenvalue weighted by atomic mass is 9.70. The van der Waals surface area contributed by atoms with Gasteiger partial charge in [-0.05, 0) is 138 Å². The van der Waals surface area contributed by atoms with Gasteiger partial charge >= 0.3 is 0 Å². The Bertz CT molecular complexity index is 4560. The highest BCUT2D eigenvalue weighted by atomic mass is 16.3. The van der Waals surface area contributed by atoms with Gasteiger partial charge in [-0.25, -0.2) is 0 Å². The average molecular weight is 942 g/mol.